The number of carbonyl (C=O) groups is 2. The van der Waals surface area contributed by atoms with Crippen LogP contribution in [-0.2, 0) is 20.9 Å². The smallest absolute Gasteiger partial charge is 0.266 e. The van der Waals surface area contributed by atoms with Gasteiger partial charge >= 0.3 is 0 Å². The Hall–Kier alpha value is -2.19. The number of halogens is 1. The molecule has 0 bridgehead atoms. The summed E-state index contributed by atoms with van der Waals surface area (Å²) in [4.78, 5) is 29.9. The molecule has 5 nitrogen and oxygen atoms in total. The molecule has 1 atom stereocenters. The molecule has 2 aliphatic rings. The van der Waals surface area contributed by atoms with E-state index in [9.17, 15) is 9.59 Å². The first-order valence-electron chi connectivity index (χ1n) is 10.4. The fourth-order valence-corrected chi connectivity index (χ4v) is 5.05. The number of nitrogens with zero attached hydrogens (tertiary/aromatic N) is 2. The zero-order valence-electron chi connectivity index (χ0n) is 17.4. The van der Waals surface area contributed by atoms with Gasteiger partial charge in [0.2, 0.25) is 5.91 Å². The van der Waals surface area contributed by atoms with Crippen LogP contribution in [0.1, 0.15) is 24.0 Å². The normalized spacial score (nSPS) is 19.7. The van der Waals surface area contributed by atoms with Gasteiger partial charge in [0.15, 0.2) is 0 Å². The summed E-state index contributed by atoms with van der Waals surface area (Å²) in [6.07, 6.45) is 3.73. The van der Waals surface area contributed by atoms with Crippen LogP contribution in [-0.4, -0.2) is 51.7 Å². The van der Waals surface area contributed by atoms with Gasteiger partial charge in [-0.25, -0.2) is 0 Å². The third-order valence-corrected chi connectivity index (χ3v) is 6.98. The Morgan fingerprint density at radius 3 is 2.66 bits per heavy atom. The molecule has 0 spiro atoms. The van der Waals surface area contributed by atoms with Gasteiger partial charge in [-0.15, -0.1) is 0 Å². The molecule has 2 amide bonds. The molecule has 0 radical (unpaired) electrons. The lowest BCUT2D eigenvalue weighted by Crippen LogP contribution is -2.44. The van der Waals surface area contributed by atoms with Crippen LogP contribution in [0.3, 0.4) is 0 Å². The Morgan fingerprint density at radius 1 is 1.22 bits per heavy atom. The van der Waals surface area contributed by atoms with Gasteiger partial charge in [-0.3, -0.25) is 14.5 Å². The van der Waals surface area contributed by atoms with Crippen LogP contribution in [0.15, 0.2) is 59.5 Å². The maximum atomic E-state index is 13.3. The number of ether oxygens (including phenoxy) is 1. The van der Waals surface area contributed by atoms with Gasteiger partial charge in [0.05, 0.1) is 11.0 Å². The van der Waals surface area contributed by atoms with Crippen molar-refractivity contribution in [2.24, 2.45) is 0 Å². The molecule has 2 fully saturated rings. The van der Waals surface area contributed by atoms with Crippen LogP contribution in [0.25, 0.3) is 6.08 Å². The highest BCUT2D eigenvalue weighted by atomic mass is 35.5. The molecule has 1 unspecified atom stereocenters. The van der Waals surface area contributed by atoms with Crippen molar-refractivity contribution in [2.75, 3.05) is 19.7 Å². The van der Waals surface area contributed by atoms with Crippen molar-refractivity contribution in [1.29, 1.82) is 0 Å². The first-order chi connectivity index (χ1) is 15.5. The maximum Gasteiger partial charge on any atom is 0.266 e. The number of thiocarbonyl (C=S) groups is 1. The quantitative estimate of drug-likeness (QED) is 0.417. The summed E-state index contributed by atoms with van der Waals surface area (Å²) in [7, 11) is 0. The largest absolute Gasteiger partial charge is 0.376 e. The molecular formula is C24H23ClN2O3S2. The van der Waals surface area contributed by atoms with Gasteiger partial charge in [0.1, 0.15) is 10.9 Å². The lowest BCUT2D eigenvalue weighted by atomic mass is 10.1. The average Bonchev–Trinajstić information content (AvgIpc) is 3.39. The summed E-state index contributed by atoms with van der Waals surface area (Å²) < 4.78 is 6.15. The number of benzene rings is 2. The summed E-state index contributed by atoms with van der Waals surface area (Å²) in [5.74, 6) is -0.395. The minimum absolute atomic E-state index is 0.00962. The van der Waals surface area contributed by atoms with Crippen molar-refractivity contribution in [3.63, 3.8) is 0 Å². The van der Waals surface area contributed by atoms with Crippen LogP contribution in [0, 0.1) is 0 Å². The summed E-state index contributed by atoms with van der Waals surface area (Å²) in [6, 6.07) is 17.0. The lowest BCUT2D eigenvalue weighted by molar-refractivity contribution is -0.137. The van der Waals surface area contributed by atoms with Gasteiger partial charge in [0, 0.05) is 24.7 Å². The van der Waals surface area contributed by atoms with E-state index in [2.05, 4.69) is 0 Å². The summed E-state index contributed by atoms with van der Waals surface area (Å²) >= 11 is 12.6. The molecule has 0 aliphatic carbocycles. The molecule has 0 N–H and O–H groups in total. The fraction of sp³-hybridized carbons (Fsp3) is 0.292. The van der Waals surface area contributed by atoms with Crippen LogP contribution in [0.4, 0.5) is 0 Å². The summed E-state index contributed by atoms with van der Waals surface area (Å²) in [5, 5.41) is 0.647. The minimum atomic E-state index is -0.235. The standard InChI is InChI=1S/C24H23ClN2O3S2/c25-19-10-8-18(9-11-19)14-26(15-20-7-4-12-30-20)22(28)16-27-23(29)21(32-24(27)31)13-17-5-2-1-3-6-17/h1-3,5-6,8-11,13,20H,4,7,12,14-16H2/b21-13-. The molecule has 0 aromatic heterocycles. The molecule has 8 heteroatoms. The van der Waals surface area contributed by atoms with E-state index >= 15 is 0 Å². The second kappa shape index (κ2) is 10.6. The first kappa shape index (κ1) is 23.0. The molecule has 2 aromatic rings. The average molecular weight is 487 g/mol. The number of hydrogen-bond donors (Lipinski definition) is 0. The molecule has 166 valence electrons. The monoisotopic (exact) mass is 486 g/mol. The topological polar surface area (TPSA) is 49.9 Å². The third-order valence-electron chi connectivity index (χ3n) is 5.35. The highest BCUT2D eigenvalue weighted by Gasteiger charge is 2.35. The van der Waals surface area contributed by atoms with Crippen molar-refractivity contribution >= 4 is 57.8 Å². The van der Waals surface area contributed by atoms with E-state index in [1.54, 1.807) is 4.90 Å². The fourth-order valence-electron chi connectivity index (χ4n) is 3.67. The summed E-state index contributed by atoms with van der Waals surface area (Å²) in [6.45, 7) is 1.53. The Morgan fingerprint density at radius 2 is 1.97 bits per heavy atom. The van der Waals surface area contributed by atoms with Gasteiger partial charge in [0.25, 0.3) is 5.91 Å². The number of rotatable bonds is 7. The van der Waals surface area contributed by atoms with Crippen molar-refractivity contribution in [3.05, 3.63) is 75.7 Å². The van der Waals surface area contributed by atoms with E-state index < -0.39 is 0 Å². The summed E-state index contributed by atoms with van der Waals surface area (Å²) in [5.41, 5.74) is 1.89. The van der Waals surface area contributed by atoms with Crippen molar-refractivity contribution < 1.29 is 14.3 Å². The second-order valence-electron chi connectivity index (χ2n) is 7.71. The molecular weight excluding hydrogens is 464 g/mol. The third kappa shape index (κ3) is 5.78. The Kier molecular flexibility index (Phi) is 7.63. The number of thioether (sulfide) groups is 1. The van der Waals surface area contributed by atoms with Crippen molar-refractivity contribution in [1.82, 2.24) is 9.80 Å². The molecule has 32 heavy (non-hydrogen) atoms. The van der Waals surface area contributed by atoms with Gasteiger partial charge in [-0.05, 0) is 42.2 Å². The van der Waals surface area contributed by atoms with Crippen LogP contribution < -0.4 is 0 Å². The van der Waals surface area contributed by atoms with E-state index in [0.29, 0.717) is 33.9 Å². The predicted octanol–water partition coefficient (Wildman–Crippen LogP) is 4.75. The zero-order chi connectivity index (χ0) is 22.5. The number of hydrogen-bond acceptors (Lipinski definition) is 5. The van der Waals surface area contributed by atoms with Crippen LogP contribution >= 0.6 is 35.6 Å². The molecule has 2 aliphatic heterocycles. The van der Waals surface area contributed by atoms with Crippen molar-refractivity contribution in [3.8, 4) is 0 Å². The molecule has 2 aromatic carbocycles. The Balaban J connectivity index is 1.47. The van der Waals surface area contributed by atoms with E-state index in [1.807, 2.05) is 60.7 Å². The molecule has 2 saturated heterocycles. The number of amides is 2. The first-order valence-corrected chi connectivity index (χ1v) is 12.0. The Bertz CT molecular complexity index is 1020. The molecule has 2 heterocycles. The van der Waals surface area contributed by atoms with Crippen LogP contribution in [0.2, 0.25) is 5.02 Å². The van der Waals surface area contributed by atoms with Crippen LogP contribution in [0.5, 0.6) is 0 Å². The maximum absolute atomic E-state index is 13.3. The van der Waals surface area contributed by atoms with Gasteiger partial charge in [-0.2, -0.15) is 0 Å². The van der Waals surface area contributed by atoms with Crippen molar-refractivity contribution in [2.45, 2.75) is 25.5 Å². The highest BCUT2D eigenvalue weighted by molar-refractivity contribution is 8.26. The highest BCUT2D eigenvalue weighted by Crippen LogP contribution is 2.32. The lowest BCUT2D eigenvalue weighted by Gasteiger charge is -2.27. The molecule has 4 rings (SSSR count). The van der Waals surface area contributed by atoms with E-state index in [0.717, 1.165) is 24.0 Å². The van der Waals surface area contributed by atoms with E-state index in [-0.39, 0.29) is 24.5 Å². The second-order valence-corrected chi connectivity index (χ2v) is 9.83. The zero-order valence-corrected chi connectivity index (χ0v) is 19.8. The Labute approximate surface area is 202 Å². The van der Waals surface area contributed by atoms with E-state index in [4.69, 9.17) is 28.6 Å². The van der Waals surface area contributed by atoms with Gasteiger partial charge in [-0.1, -0.05) is 78.0 Å². The molecule has 0 saturated carbocycles. The minimum Gasteiger partial charge on any atom is -0.376 e. The van der Waals surface area contributed by atoms with Gasteiger partial charge < -0.3 is 9.64 Å². The SMILES string of the molecule is O=C(CN1C(=O)/C(=C/c2ccccc2)SC1=S)N(Cc1ccc(Cl)cc1)CC1CCCO1. The predicted molar refractivity (Wildman–Crippen MR) is 132 cm³/mol. The number of carbonyl (C=O) groups excluding carboxylic acids is 2. The van der Waals surface area contributed by atoms with E-state index in [1.165, 1.54) is 16.7 Å².